The summed E-state index contributed by atoms with van der Waals surface area (Å²) >= 11 is 0. The summed E-state index contributed by atoms with van der Waals surface area (Å²) in [5, 5.41) is 0. The summed E-state index contributed by atoms with van der Waals surface area (Å²) in [5.41, 5.74) is 7.26. The number of ether oxygens (including phenoxy) is 3. The van der Waals surface area contributed by atoms with E-state index in [1.807, 2.05) is 6.92 Å². The van der Waals surface area contributed by atoms with Crippen molar-refractivity contribution in [3.8, 4) is 34.5 Å². The van der Waals surface area contributed by atoms with E-state index in [1.54, 1.807) is 36.4 Å². The van der Waals surface area contributed by atoms with Gasteiger partial charge < -0.3 is 19.9 Å². The van der Waals surface area contributed by atoms with Crippen LogP contribution in [0.2, 0.25) is 0 Å². The number of pyridine rings is 1. The average molecular weight is 473 g/mol. The van der Waals surface area contributed by atoms with Gasteiger partial charge in [-0.05, 0) is 48.9 Å². The molecule has 8 heteroatoms. The van der Waals surface area contributed by atoms with Crippen molar-refractivity contribution in [1.29, 1.82) is 0 Å². The molecule has 2 N–H and O–H groups in total. The Labute approximate surface area is 200 Å². The zero-order valence-electron chi connectivity index (χ0n) is 18.9. The number of hydrogen-bond acceptors (Lipinski definition) is 6. The Hall–Kier alpha value is -3.96. The number of benzene rings is 2. The fourth-order valence-electron chi connectivity index (χ4n) is 4.72. The van der Waals surface area contributed by atoms with Crippen molar-refractivity contribution in [3.63, 3.8) is 0 Å². The van der Waals surface area contributed by atoms with Gasteiger partial charge >= 0.3 is 0 Å². The van der Waals surface area contributed by atoms with Gasteiger partial charge in [0, 0.05) is 34.9 Å². The van der Waals surface area contributed by atoms with Crippen LogP contribution in [0, 0.1) is 29.0 Å². The predicted molar refractivity (Wildman–Crippen MR) is 125 cm³/mol. The molecule has 6 rings (SSSR count). The zero-order chi connectivity index (χ0) is 24.2. The Bertz CT molecular complexity index is 1460. The highest BCUT2D eigenvalue weighted by molar-refractivity contribution is 5.76. The highest BCUT2D eigenvalue weighted by atomic mass is 19.1. The van der Waals surface area contributed by atoms with Gasteiger partial charge in [-0.25, -0.2) is 14.4 Å². The van der Waals surface area contributed by atoms with E-state index in [2.05, 4.69) is 21.8 Å². The Morgan fingerprint density at radius 3 is 2.69 bits per heavy atom. The monoisotopic (exact) mass is 473 g/mol. The molecule has 0 amide bonds. The Balaban J connectivity index is 1.55. The largest absolute Gasteiger partial charge is 0.465 e. The molecule has 176 valence electrons. The number of halogens is 2. The Morgan fingerprint density at radius 1 is 1.09 bits per heavy atom. The summed E-state index contributed by atoms with van der Waals surface area (Å²) in [7, 11) is 0. The van der Waals surface area contributed by atoms with E-state index in [9.17, 15) is 4.39 Å². The molecule has 1 unspecified atom stereocenters. The molecule has 0 saturated carbocycles. The van der Waals surface area contributed by atoms with Crippen molar-refractivity contribution >= 4 is 6.02 Å². The first kappa shape index (κ1) is 21.6. The molecule has 1 atom stereocenters. The molecule has 1 saturated heterocycles. The number of nitrogens with two attached hydrogens (primary N) is 1. The maximum absolute atomic E-state index is 15.4. The number of amidine groups is 1. The molecule has 1 spiro atoms. The summed E-state index contributed by atoms with van der Waals surface area (Å²) < 4.78 is 46.6. The molecule has 35 heavy (non-hydrogen) atoms. The lowest BCUT2D eigenvalue weighted by atomic mass is 9.76. The first-order valence-corrected chi connectivity index (χ1v) is 11.2. The normalized spacial score (nSPS) is 21.3. The minimum absolute atomic E-state index is 0.0102. The number of fused-ring (bicyclic) bond motifs is 4. The molecule has 0 bridgehead atoms. The highest BCUT2D eigenvalue weighted by Gasteiger charge is 2.46. The van der Waals surface area contributed by atoms with E-state index < -0.39 is 17.3 Å². The van der Waals surface area contributed by atoms with Gasteiger partial charge in [0.15, 0.2) is 11.6 Å². The molecular weight excluding hydrogens is 452 g/mol. The first-order chi connectivity index (χ1) is 16.9. The minimum atomic E-state index is -1.08. The van der Waals surface area contributed by atoms with Crippen LogP contribution < -0.4 is 10.5 Å². The van der Waals surface area contributed by atoms with E-state index in [-0.39, 0.29) is 23.8 Å². The van der Waals surface area contributed by atoms with Gasteiger partial charge in [0.05, 0.1) is 25.2 Å². The van der Waals surface area contributed by atoms with Crippen LogP contribution >= 0.6 is 0 Å². The molecule has 1 fully saturated rings. The summed E-state index contributed by atoms with van der Waals surface area (Å²) in [4.78, 5) is 8.44. The van der Waals surface area contributed by atoms with Gasteiger partial charge in [-0.15, -0.1) is 0 Å². The lowest BCUT2D eigenvalue weighted by Gasteiger charge is -2.39. The van der Waals surface area contributed by atoms with Gasteiger partial charge in [-0.1, -0.05) is 17.9 Å². The molecule has 0 radical (unpaired) electrons. The molecule has 4 heterocycles. The maximum atomic E-state index is 15.4. The molecule has 2 aromatic carbocycles. The van der Waals surface area contributed by atoms with Gasteiger partial charge in [-0.3, -0.25) is 0 Å². The van der Waals surface area contributed by atoms with Crippen molar-refractivity contribution in [3.05, 3.63) is 77.1 Å². The van der Waals surface area contributed by atoms with Crippen LogP contribution in [-0.2, 0) is 15.0 Å². The molecule has 3 aliphatic rings. The fraction of sp³-hybridized carbons (Fsp3) is 0.259. The van der Waals surface area contributed by atoms with Crippen LogP contribution in [0.15, 0.2) is 53.7 Å². The van der Waals surface area contributed by atoms with Crippen molar-refractivity contribution in [2.45, 2.75) is 18.9 Å². The van der Waals surface area contributed by atoms with Gasteiger partial charge in [0.1, 0.15) is 11.3 Å². The number of aromatic nitrogens is 1. The molecule has 1 aromatic heterocycles. The average Bonchev–Trinajstić information content (AvgIpc) is 2.83. The molecular formula is C27H21F2N3O3. The van der Waals surface area contributed by atoms with Crippen molar-refractivity contribution in [1.82, 2.24) is 4.98 Å². The molecule has 6 nitrogen and oxygen atoms in total. The lowest BCUT2D eigenvalue weighted by molar-refractivity contribution is -0.0648. The molecule has 3 aromatic rings. The fourth-order valence-corrected chi connectivity index (χ4v) is 4.72. The third-order valence-corrected chi connectivity index (χ3v) is 6.56. The van der Waals surface area contributed by atoms with Gasteiger partial charge in [-0.2, -0.15) is 4.39 Å². The number of nitrogens with zero attached hydrogens (tertiary/aromatic N) is 2. The van der Waals surface area contributed by atoms with Gasteiger partial charge in [0.25, 0.3) is 6.02 Å². The van der Waals surface area contributed by atoms with Crippen LogP contribution in [0.1, 0.15) is 30.0 Å². The van der Waals surface area contributed by atoms with Crippen molar-refractivity contribution in [2.75, 3.05) is 19.8 Å². The quantitative estimate of drug-likeness (QED) is 0.416. The second-order valence-electron chi connectivity index (χ2n) is 9.20. The van der Waals surface area contributed by atoms with Crippen molar-refractivity contribution < 1.29 is 23.0 Å². The number of hydrogen-bond donors (Lipinski definition) is 1. The van der Waals surface area contributed by atoms with E-state index >= 15 is 4.39 Å². The van der Waals surface area contributed by atoms with E-state index in [1.165, 1.54) is 12.3 Å². The highest BCUT2D eigenvalue weighted by Crippen LogP contribution is 2.53. The Morgan fingerprint density at radius 2 is 1.94 bits per heavy atom. The van der Waals surface area contributed by atoms with Crippen LogP contribution in [0.5, 0.6) is 11.5 Å². The summed E-state index contributed by atoms with van der Waals surface area (Å²) in [5.74, 6) is 5.62. The van der Waals surface area contributed by atoms with E-state index in [0.717, 1.165) is 0 Å². The summed E-state index contributed by atoms with van der Waals surface area (Å²) in [6, 6.07) is 11.6. The van der Waals surface area contributed by atoms with Crippen LogP contribution in [0.4, 0.5) is 8.78 Å². The van der Waals surface area contributed by atoms with Crippen LogP contribution in [0.25, 0.3) is 11.1 Å². The molecule has 0 aliphatic carbocycles. The summed E-state index contributed by atoms with van der Waals surface area (Å²) in [6.07, 6.45) is 1.78. The zero-order valence-corrected chi connectivity index (χ0v) is 18.9. The number of aliphatic imine (C=N–C) groups is 1. The van der Waals surface area contributed by atoms with Gasteiger partial charge in [0.2, 0.25) is 5.95 Å². The van der Waals surface area contributed by atoms with Crippen LogP contribution in [0.3, 0.4) is 0 Å². The third kappa shape index (κ3) is 3.51. The predicted octanol–water partition coefficient (Wildman–Crippen LogP) is 4.50. The third-order valence-electron chi connectivity index (χ3n) is 6.56. The minimum Gasteiger partial charge on any atom is -0.465 e. The maximum Gasteiger partial charge on any atom is 0.283 e. The van der Waals surface area contributed by atoms with Crippen molar-refractivity contribution in [2.24, 2.45) is 16.1 Å². The standard InChI is InChI=1S/C27H21F2N3O3/c1-26(14-33-15-26)7-6-16-11-20-23(21(28)12-16)35-22-5-4-17(18-3-2-9-31-24(18)29)13-19(22)27(20)8-10-34-25(30)32-27/h2-5,9,11-13H,8,10,14-15H2,1H3,(H2,30,32). The summed E-state index contributed by atoms with van der Waals surface area (Å²) in [6.45, 7) is 3.35. The Kier molecular flexibility index (Phi) is 4.80. The number of rotatable bonds is 1. The SMILES string of the molecule is CC1(C#Cc2cc(F)c3c(c2)C2(CCOC(N)=N2)c2cc(-c4cccnc4F)ccc2O3)COC1. The lowest BCUT2D eigenvalue weighted by Crippen LogP contribution is -2.39. The topological polar surface area (TPSA) is 79.0 Å². The second-order valence-corrected chi connectivity index (χ2v) is 9.20. The second kappa shape index (κ2) is 7.79. The van der Waals surface area contributed by atoms with E-state index in [0.29, 0.717) is 53.2 Å². The van der Waals surface area contributed by atoms with E-state index in [4.69, 9.17) is 19.9 Å². The smallest absolute Gasteiger partial charge is 0.283 e. The van der Waals surface area contributed by atoms with Crippen LogP contribution in [-0.4, -0.2) is 30.8 Å². The molecule has 3 aliphatic heterocycles. The first-order valence-electron chi connectivity index (χ1n) is 11.2.